The topological polar surface area (TPSA) is 49.4 Å². The van der Waals surface area contributed by atoms with E-state index in [9.17, 15) is 9.59 Å². The third kappa shape index (κ3) is 4.51. The van der Waals surface area contributed by atoms with Crippen LogP contribution < -0.4 is 5.32 Å². The molecular formula is C14H24N2O2. The lowest BCUT2D eigenvalue weighted by Crippen LogP contribution is -2.41. The largest absolute Gasteiger partial charge is 0.347 e. The monoisotopic (exact) mass is 252 g/mol. The molecule has 0 spiro atoms. The summed E-state index contributed by atoms with van der Waals surface area (Å²) in [5.74, 6) is 0.198. The summed E-state index contributed by atoms with van der Waals surface area (Å²) in [5.41, 5.74) is 0. The number of nitrogens with zero attached hydrogens (tertiary/aromatic N) is 1. The van der Waals surface area contributed by atoms with Gasteiger partial charge in [-0.1, -0.05) is 19.1 Å². The first-order valence-electron chi connectivity index (χ1n) is 6.73. The summed E-state index contributed by atoms with van der Waals surface area (Å²) < 4.78 is 0. The molecule has 0 aromatic heterocycles. The van der Waals surface area contributed by atoms with Crippen molar-refractivity contribution in [2.45, 2.75) is 46.1 Å². The number of carbonyl (C=O) groups excluding carboxylic acids is 2. The molecule has 18 heavy (non-hydrogen) atoms. The Bertz CT molecular complexity index is 326. The van der Waals surface area contributed by atoms with E-state index in [1.165, 1.54) is 0 Å². The highest BCUT2D eigenvalue weighted by Gasteiger charge is 2.24. The SMILES string of the molecule is C/C=C\C(C)CC(=O)NCC(=O)N1CCCC1C. The van der Waals surface area contributed by atoms with E-state index in [1.807, 2.05) is 30.9 Å². The van der Waals surface area contributed by atoms with E-state index in [2.05, 4.69) is 12.2 Å². The van der Waals surface area contributed by atoms with Crippen LogP contribution in [0.2, 0.25) is 0 Å². The van der Waals surface area contributed by atoms with E-state index in [1.54, 1.807) is 0 Å². The van der Waals surface area contributed by atoms with Gasteiger partial charge in [-0.15, -0.1) is 0 Å². The minimum absolute atomic E-state index is 0.0343. The van der Waals surface area contributed by atoms with Crippen LogP contribution in [0.1, 0.15) is 40.0 Å². The predicted octanol–water partition coefficient (Wildman–Crippen LogP) is 1.72. The molecule has 0 aromatic rings. The van der Waals surface area contributed by atoms with Crippen LogP contribution in [-0.2, 0) is 9.59 Å². The number of likely N-dealkylation sites (tertiary alicyclic amines) is 1. The lowest BCUT2D eigenvalue weighted by atomic mass is 10.1. The molecule has 2 unspecified atom stereocenters. The molecule has 4 nitrogen and oxygen atoms in total. The highest BCUT2D eigenvalue weighted by molar-refractivity contribution is 5.85. The Morgan fingerprint density at radius 3 is 2.78 bits per heavy atom. The number of hydrogen-bond donors (Lipinski definition) is 1. The predicted molar refractivity (Wildman–Crippen MR) is 72.0 cm³/mol. The van der Waals surface area contributed by atoms with Gasteiger partial charge in [-0.3, -0.25) is 9.59 Å². The van der Waals surface area contributed by atoms with E-state index in [0.29, 0.717) is 12.5 Å². The second kappa shape index (κ2) is 7.19. The van der Waals surface area contributed by atoms with Gasteiger partial charge in [0.1, 0.15) is 0 Å². The zero-order valence-electron chi connectivity index (χ0n) is 11.6. The normalized spacial score (nSPS) is 21.3. The van der Waals surface area contributed by atoms with Crippen LogP contribution in [0, 0.1) is 5.92 Å². The first-order chi connectivity index (χ1) is 8.54. The van der Waals surface area contributed by atoms with E-state index in [-0.39, 0.29) is 24.3 Å². The standard InChI is InChI=1S/C14H24N2O2/c1-4-6-11(2)9-13(17)15-10-14(18)16-8-5-7-12(16)3/h4,6,11-12H,5,7-10H2,1-3H3,(H,15,17)/b6-4-. The lowest BCUT2D eigenvalue weighted by Gasteiger charge is -2.21. The third-order valence-corrected chi connectivity index (χ3v) is 3.34. The van der Waals surface area contributed by atoms with Gasteiger partial charge < -0.3 is 10.2 Å². The van der Waals surface area contributed by atoms with Gasteiger partial charge in [-0.2, -0.15) is 0 Å². The zero-order valence-corrected chi connectivity index (χ0v) is 11.6. The molecule has 102 valence electrons. The lowest BCUT2D eigenvalue weighted by molar-refractivity contribution is -0.133. The van der Waals surface area contributed by atoms with Gasteiger partial charge in [0.2, 0.25) is 11.8 Å². The second-order valence-electron chi connectivity index (χ2n) is 5.06. The van der Waals surface area contributed by atoms with Crippen molar-refractivity contribution in [2.75, 3.05) is 13.1 Å². The molecule has 1 N–H and O–H groups in total. The first kappa shape index (κ1) is 14.7. The Morgan fingerprint density at radius 1 is 1.50 bits per heavy atom. The zero-order chi connectivity index (χ0) is 13.5. The minimum Gasteiger partial charge on any atom is -0.347 e. The molecule has 0 aromatic carbocycles. The second-order valence-corrected chi connectivity index (χ2v) is 5.06. The molecule has 1 fully saturated rings. The van der Waals surface area contributed by atoms with Crippen LogP contribution in [0.4, 0.5) is 0 Å². The molecule has 1 aliphatic rings. The number of rotatable bonds is 5. The molecule has 0 bridgehead atoms. The fourth-order valence-corrected chi connectivity index (χ4v) is 2.34. The molecule has 1 saturated heterocycles. The van der Waals surface area contributed by atoms with E-state index in [4.69, 9.17) is 0 Å². The molecule has 2 atom stereocenters. The van der Waals surface area contributed by atoms with Crippen molar-refractivity contribution < 1.29 is 9.59 Å². The fourth-order valence-electron chi connectivity index (χ4n) is 2.34. The van der Waals surface area contributed by atoms with Gasteiger partial charge in [0.15, 0.2) is 0 Å². The summed E-state index contributed by atoms with van der Waals surface area (Å²) in [6, 6.07) is 0.316. The fraction of sp³-hybridized carbons (Fsp3) is 0.714. The summed E-state index contributed by atoms with van der Waals surface area (Å²) in [5, 5.41) is 2.71. The molecular weight excluding hydrogens is 228 g/mol. The summed E-state index contributed by atoms with van der Waals surface area (Å²) in [6.07, 6.45) is 6.50. The molecule has 1 heterocycles. The highest BCUT2D eigenvalue weighted by Crippen LogP contribution is 2.15. The van der Waals surface area contributed by atoms with Crippen LogP contribution >= 0.6 is 0 Å². The van der Waals surface area contributed by atoms with Crippen LogP contribution in [-0.4, -0.2) is 35.8 Å². The molecule has 0 aliphatic carbocycles. The van der Waals surface area contributed by atoms with Crippen molar-refractivity contribution >= 4 is 11.8 Å². The summed E-state index contributed by atoms with van der Waals surface area (Å²) in [7, 11) is 0. The van der Waals surface area contributed by atoms with Gasteiger partial charge in [0.05, 0.1) is 6.54 Å². The van der Waals surface area contributed by atoms with Crippen molar-refractivity contribution in [1.29, 1.82) is 0 Å². The van der Waals surface area contributed by atoms with Gasteiger partial charge in [0.25, 0.3) is 0 Å². The number of allylic oxidation sites excluding steroid dienone is 2. The van der Waals surface area contributed by atoms with Crippen molar-refractivity contribution in [3.05, 3.63) is 12.2 Å². The first-order valence-corrected chi connectivity index (χ1v) is 6.73. The van der Waals surface area contributed by atoms with E-state index >= 15 is 0 Å². The van der Waals surface area contributed by atoms with Crippen molar-refractivity contribution in [3.63, 3.8) is 0 Å². The van der Waals surface area contributed by atoms with Gasteiger partial charge in [-0.25, -0.2) is 0 Å². The molecule has 0 saturated carbocycles. The molecule has 0 radical (unpaired) electrons. The molecule has 2 amide bonds. The summed E-state index contributed by atoms with van der Waals surface area (Å²) >= 11 is 0. The molecule has 1 aliphatic heterocycles. The van der Waals surface area contributed by atoms with Crippen LogP contribution in [0.3, 0.4) is 0 Å². The number of hydrogen-bond acceptors (Lipinski definition) is 2. The maximum absolute atomic E-state index is 11.9. The van der Waals surface area contributed by atoms with Crippen molar-refractivity contribution in [1.82, 2.24) is 10.2 Å². The average Bonchev–Trinajstić information content (AvgIpc) is 2.72. The van der Waals surface area contributed by atoms with E-state index in [0.717, 1.165) is 19.4 Å². The van der Waals surface area contributed by atoms with Crippen LogP contribution in [0.5, 0.6) is 0 Å². The smallest absolute Gasteiger partial charge is 0.242 e. The Morgan fingerprint density at radius 2 is 2.22 bits per heavy atom. The quantitative estimate of drug-likeness (QED) is 0.757. The van der Waals surface area contributed by atoms with Crippen LogP contribution in [0.25, 0.3) is 0 Å². The van der Waals surface area contributed by atoms with Gasteiger partial charge in [-0.05, 0) is 32.6 Å². The van der Waals surface area contributed by atoms with Crippen molar-refractivity contribution in [3.8, 4) is 0 Å². The molecule has 4 heteroatoms. The molecule has 1 rings (SSSR count). The van der Waals surface area contributed by atoms with Gasteiger partial charge >= 0.3 is 0 Å². The Labute approximate surface area is 109 Å². The Kier molecular flexibility index (Phi) is 5.89. The summed E-state index contributed by atoms with van der Waals surface area (Å²) in [4.78, 5) is 25.3. The van der Waals surface area contributed by atoms with Crippen molar-refractivity contribution in [2.24, 2.45) is 5.92 Å². The van der Waals surface area contributed by atoms with Gasteiger partial charge in [0, 0.05) is 19.0 Å². The maximum Gasteiger partial charge on any atom is 0.242 e. The average molecular weight is 252 g/mol. The Balaban J connectivity index is 2.27. The highest BCUT2D eigenvalue weighted by atomic mass is 16.2. The number of nitrogens with one attached hydrogen (secondary N) is 1. The summed E-state index contributed by atoms with van der Waals surface area (Å²) in [6.45, 7) is 6.94. The van der Waals surface area contributed by atoms with Crippen LogP contribution in [0.15, 0.2) is 12.2 Å². The Hall–Kier alpha value is -1.32. The van der Waals surface area contributed by atoms with E-state index < -0.39 is 0 Å². The minimum atomic E-state index is -0.0548. The number of carbonyl (C=O) groups is 2. The maximum atomic E-state index is 11.9. The number of amides is 2. The third-order valence-electron chi connectivity index (χ3n) is 3.34.